The maximum Gasteiger partial charge on any atom is 0.261 e. The van der Waals surface area contributed by atoms with Crippen molar-refractivity contribution in [2.45, 2.75) is 32.6 Å². The molecule has 3 N–H and O–H groups in total. The molecule has 7 nitrogen and oxygen atoms in total. The van der Waals surface area contributed by atoms with Gasteiger partial charge in [0, 0.05) is 16.9 Å². The molecule has 3 rings (SSSR count). The van der Waals surface area contributed by atoms with E-state index in [4.69, 9.17) is 17.0 Å². The Hall–Kier alpha value is -3.43. The molecule has 0 unspecified atom stereocenters. The molecule has 9 heteroatoms. The Kier molecular flexibility index (Phi) is 7.58. The molecular formula is C25H27N3O4S2. The molecule has 0 saturated heterocycles. The Morgan fingerprint density at radius 1 is 0.882 bits per heavy atom. The van der Waals surface area contributed by atoms with E-state index in [1.165, 1.54) is 12.1 Å². The molecule has 0 fully saturated rings. The number of anilines is 2. The predicted octanol–water partition coefficient (Wildman–Crippen LogP) is 4.86. The van der Waals surface area contributed by atoms with E-state index in [2.05, 4.69) is 15.4 Å². The highest BCUT2D eigenvalue weighted by Crippen LogP contribution is 2.23. The van der Waals surface area contributed by atoms with Crippen LogP contribution in [-0.4, -0.2) is 26.5 Å². The Morgan fingerprint density at radius 2 is 1.50 bits per heavy atom. The molecule has 0 spiro atoms. The number of thiocarbonyl (C=S) groups is 1. The molecule has 178 valence electrons. The first-order chi connectivity index (χ1) is 16.0. The summed E-state index contributed by atoms with van der Waals surface area (Å²) < 4.78 is 33.4. The van der Waals surface area contributed by atoms with Crippen LogP contribution in [0, 0.1) is 27.7 Å². The van der Waals surface area contributed by atoms with E-state index in [1.54, 1.807) is 43.5 Å². The fourth-order valence-corrected chi connectivity index (χ4v) is 4.72. The molecule has 0 heterocycles. The average Bonchev–Trinajstić information content (AvgIpc) is 2.74. The van der Waals surface area contributed by atoms with Crippen molar-refractivity contribution in [1.29, 1.82) is 0 Å². The monoisotopic (exact) mass is 497 g/mol. The number of sulfonamides is 1. The lowest BCUT2D eigenvalue weighted by atomic mass is 10.0. The van der Waals surface area contributed by atoms with Gasteiger partial charge in [-0.1, -0.05) is 6.07 Å². The molecule has 34 heavy (non-hydrogen) atoms. The maximum atomic E-state index is 12.7. The van der Waals surface area contributed by atoms with Crippen molar-refractivity contribution in [2.24, 2.45) is 0 Å². The van der Waals surface area contributed by atoms with Crippen LogP contribution in [0.2, 0.25) is 0 Å². The van der Waals surface area contributed by atoms with E-state index in [1.807, 2.05) is 33.8 Å². The summed E-state index contributed by atoms with van der Waals surface area (Å²) in [5.74, 6) is 0.242. The lowest BCUT2D eigenvalue weighted by Crippen LogP contribution is -2.34. The van der Waals surface area contributed by atoms with Gasteiger partial charge >= 0.3 is 0 Å². The van der Waals surface area contributed by atoms with Crippen LogP contribution in [-0.2, 0) is 10.0 Å². The van der Waals surface area contributed by atoms with Gasteiger partial charge in [-0.05, 0) is 111 Å². The van der Waals surface area contributed by atoms with Gasteiger partial charge in [-0.15, -0.1) is 0 Å². The molecule has 0 saturated carbocycles. The van der Waals surface area contributed by atoms with Gasteiger partial charge in [0.1, 0.15) is 5.75 Å². The lowest BCUT2D eigenvalue weighted by Gasteiger charge is -2.13. The topological polar surface area (TPSA) is 96.5 Å². The van der Waals surface area contributed by atoms with Crippen LogP contribution in [0.4, 0.5) is 11.4 Å². The highest BCUT2D eigenvalue weighted by Gasteiger charge is 2.16. The van der Waals surface area contributed by atoms with E-state index < -0.39 is 10.0 Å². The number of benzene rings is 3. The number of ether oxygens (including phenoxy) is 1. The molecule has 3 aromatic rings. The number of amides is 1. The zero-order valence-corrected chi connectivity index (χ0v) is 21.3. The van der Waals surface area contributed by atoms with Crippen LogP contribution in [0.1, 0.15) is 32.6 Å². The molecule has 0 aromatic heterocycles. The summed E-state index contributed by atoms with van der Waals surface area (Å²) in [7, 11) is -2.20. The number of carbonyl (C=O) groups excluding carboxylic acids is 1. The summed E-state index contributed by atoms with van der Waals surface area (Å²) in [6.45, 7) is 7.63. The smallest absolute Gasteiger partial charge is 0.261 e. The number of hydrogen-bond acceptors (Lipinski definition) is 5. The van der Waals surface area contributed by atoms with Crippen LogP contribution in [0.15, 0.2) is 59.5 Å². The van der Waals surface area contributed by atoms with Gasteiger partial charge < -0.3 is 10.1 Å². The van der Waals surface area contributed by atoms with Gasteiger partial charge in [-0.25, -0.2) is 8.42 Å². The maximum absolute atomic E-state index is 12.7. The first-order valence-electron chi connectivity index (χ1n) is 10.5. The molecule has 1 amide bonds. The minimum Gasteiger partial charge on any atom is -0.496 e. The molecule has 3 aromatic carbocycles. The Morgan fingerprint density at radius 3 is 2.09 bits per heavy atom. The second-order valence-electron chi connectivity index (χ2n) is 8.03. The normalized spacial score (nSPS) is 11.0. The summed E-state index contributed by atoms with van der Waals surface area (Å²) >= 11 is 5.24. The number of aryl methyl sites for hydroxylation is 3. The first kappa shape index (κ1) is 25.2. The fourth-order valence-electron chi connectivity index (χ4n) is 3.47. The minimum atomic E-state index is -3.75. The second kappa shape index (κ2) is 10.2. The van der Waals surface area contributed by atoms with Gasteiger partial charge in [0.2, 0.25) is 0 Å². The molecule has 0 aliphatic rings. The summed E-state index contributed by atoms with van der Waals surface area (Å²) in [4.78, 5) is 12.7. The van der Waals surface area contributed by atoms with Crippen LogP contribution in [0.3, 0.4) is 0 Å². The van der Waals surface area contributed by atoms with Crippen molar-refractivity contribution < 1.29 is 17.9 Å². The lowest BCUT2D eigenvalue weighted by molar-refractivity contribution is 0.0977. The molecule has 0 radical (unpaired) electrons. The summed E-state index contributed by atoms with van der Waals surface area (Å²) in [6, 6.07) is 15.0. The largest absolute Gasteiger partial charge is 0.496 e. The zero-order valence-electron chi connectivity index (χ0n) is 19.6. The predicted molar refractivity (Wildman–Crippen MR) is 139 cm³/mol. The summed E-state index contributed by atoms with van der Waals surface area (Å²) in [5, 5.41) is 5.61. The average molecular weight is 498 g/mol. The van der Waals surface area contributed by atoms with E-state index in [0.29, 0.717) is 22.7 Å². The van der Waals surface area contributed by atoms with E-state index in [9.17, 15) is 13.2 Å². The number of nitrogens with one attached hydrogen (secondary N) is 3. The van der Waals surface area contributed by atoms with Crippen molar-refractivity contribution in [3.05, 3.63) is 82.4 Å². The first-order valence-corrected chi connectivity index (χ1v) is 12.4. The van der Waals surface area contributed by atoms with Crippen molar-refractivity contribution in [3.8, 4) is 5.75 Å². The van der Waals surface area contributed by atoms with Gasteiger partial charge in [-0.3, -0.25) is 14.8 Å². The van der Waals surface area contributed by atoms with Crippen LogP contribution >= 0.6 is 12.2 Å². The molecular weight excluding hydrogens is 470 g/mol. The highest BCUT2D eigenvalue weighted by atomic mass is 32.2. The zero-order chi connectivity index (χ0) is 25.0. The molecule has 0 aliphatic carbocycles. The van der Waals surface area contributed by atoms with Crippen molar-refractivity contribution in [3.63, 3.8) is 0 Å². The third-order valence-corrected chi connectivity index (χ3v) is 6.83. The van der Waals surface area contributed by atoms with Crippen molar-refractivity contribution in [2.75, 3.05) is 17.1 Å². The van der Waals surface area contributed by atoms with Gasteiger partial charge in [-0.2, -0.15) is 0 Å². The summed E-state index contributed by atoms with van der Waals surface area (Å²) in [6.07, 6.45) is 0. The molecule has 0 aliphatic heterocycles. The number of hydrogen-bond donors (Lipinski definition) is 3. The standard InChI is InChI=1S/C25H27N3O4S2/c1-15-10-16(2)12-21(11-15)28-34(30,31)22-8-6-20(7-9-22)26-25(33)27-24(29)19-13-17(3)18(4)23(14-19)32-5/h6-14,28H,1-5H3,(H2,26,27,29,33). The minimum absolute atomic E-state index is 0.0890. The summed E-state index contributed by atoms with van der Waals surface area (Å²) in [5.41, 5.74) is 5.28. The Bertz CT molecular complexity index is 1330. The van der Waals surface area contributed by atoms with E-state index >= 15 is 0 Å². The van der Waals surface area contributed by atoms with Gasteiger partial charge in [0.05, 0.1) is 12.0 Å². The SMILES string of the molecule is COc1cc(C(=O)NC(=S)Nc2ccc(S(=O)(=O)Nc3cc(C)cc(C)c3)cc2)cc(C)c1C. The Balaban J connectivity index is 1.66. The molecule has 0 atom stereocenters. The van der Waals surface area contributed by atoms with Crippen molar-refractivity contribution >= 4 is 44.6 Å². The second-order valence-corrected chi connectivity index (χ2v) is 10.1. The Labute approximate surface area is 205 Å². The van der Waals surface area contributed by atoms with E-state index in [-0.39, 0.29) is 15.9 Å². The van der Waals surface area contributed by atoms with E-state index in [0.717, 1.165) is 22.3 Å². The van der Waals surface area contributed by atoms with Gasteiger partial charge in [0.15, 0.2) is 5.11 Å². The highest BCUT2D eigenvalue weighted by molar-refractivity contribution is 7.92. The van der Waals surface area contributed by atoms with Crippen LogP contribution < -0.4 is 20.1 Å². The fraction of sp³-hybridized carbons (Fsp3) is 0.200. The van der Waals surface area contributed by atoms with Crippen molar-refractivity contribution in [1.82, 2.24) is 5.32 Å². The quantitative estimate of drug-likeness (QED) is 0.421. The van der Waals surface area contributed by atoms with Crippen LogP contribution in [0.25, 0.3) is 0 Å². The number of rotatable bonds is 6. The third kappa shape index (κ3) is 6.12. The van der Waals surface area contributed by atoms with Crippen LogP contribution in [0.5, 0.6) is 5.75 Å². The van der Waals surface area contributed by atoms with Gasteiger partial charge in [0.25, 0.3) is 15.9 Å². The number of carbonyl (C=O) groups is 1. The molecule has 0 bridgehead atoms. The number of methoxy groups -OCH3 is 1. The third-order valence-electron chi connectivity index (χ3n) is 5.23.